The number of hydrogen-bond donors (Lipinski definition) is 3. The second kappa shape index (κ2) is 8.22. The van der Waals surface area contributed by atoms with Crippen LogP contribution < -0.4 is 10.6 Å². The van der Waals surface area contributed by atoms with Crippen molar-refractivity contribution in [2.45, 2.75) is 68.5 Å². The third-order valence-corrected chi connectivity index (χ3v) is 8.79. The largest absolute Gasteiger partial charge is 0.396 e. The van der Waals surface area contributed by atoms with Crippen molar-refractivity contribution in [2.24, 2.45) is 17.8 Å². The molecule has 7 atom stereocenters. The van der Waals surface area contributed by atoms with Crippen LogP contribution in [-0.2, 0) is 14.4 Å². The third-order valence-electron chi connectivity index (χ3n) is 6.71. The molecule has 3 heterocycles. The van der Waals surface area contributed by atoms with Gasteiger partial charge >= 0.3 is 0 Å². The summed E-state index contributed by atoms with van der Waals surface area (Å²) >= 11 is 1.68. The molecule has 0 radical (unpaired) electrons. The third kappa shape index (κ3) is 3.12. The van der Waals surface area contributed by atoms with E-state index in [4.69, 9.17) is 0 Å². The summed E-state index contributed by atoms with van der Waals surface area (Å²) in [5.41, 5.74) is 0. The first-order valence-corrected chi connectivity index (χ1v) is 11.3. The van der Waals surface area contributed by atoms with Gasteiger partial charge in [0.05, 0.1) is 16.6 Å². The molecule has 3 N–H and O–H groups in total. The molecule has 8 heteroatoms. The number of amides is 3. The fourth-order valence-corrected chi connectivity index (χ4v) is 8.02. The Morgan fingerprint density at radius 2 is 2.11 bits per heavy atom. The highest BCUT2D eigenvalue weighted by molar-refractivity contribution is 8.02. The number of aliphatic hydroxyl groups excluding tert-OH is 1. The number of nitrogens with one attached hydrogen (secondary N) is 2. The predicted octanol–water partition coefficient (Wildman–Crippen LogP) is 0.757. The van der Waals surface area contributed by atoms with Crippen LogP contribution in [0.3, 0.4) is 0 Å². The number of rotatable bonds is 8. The van der Waals surface area contributed by atoms with Crippen LogP contribution in [-0.4, -0.2) is 70.0 Å². The molecule has 0 saturated carbocycles. The average molecular weight is 412 g/mol. The zero-order valence-corrected chi connectivity index (χ0v) is 18.1. The fourth-order valence-electron chi connectivity index (χ4n) is 5.59. The van der Waals surface area contributed by atoms with Gasteiger partial charge in [0.25, 0.3) is 0 Å². The number of carbonyl (C=O) groups is 3. The van der Waals surface area contributed by atoms with E-state index in [9.17, 15) is 19.5 Å². The van der Waals surface area contributed by atoms with Gasteiger partial charge in [-0.2, -0.15) is 0 Å². The summed E-state index contributed by atoms with van der Waals surface area (Å²) in [6.07, 6.45) is 3.12. The van der Waals surface area contributed by atoms with Crippen molar-refractivity contribution in [3.63, 3.8) is 0 Å². The van der Waals surface area contributed by atoms with Crippen LogP contribution in [0.4, 0.5) is 0 Å². The van der Waals surface area contributed by atoms with Crippen LogP contribution in [0.25, 0.3) is 0 Å². The second-order valence-electron chi connectivity index (χ2n) is 8.47. The molecule has 3 aliphatic heterocycles. The predicted molar refractivity (Wildman–Crippen MR) is 109 cm³/mol. The van der Waals surface area contributed by atoms with E-state index in [1.165, 1.54) is 0 Å². The van der Waals surface area contributed by atoms with Crippen molar-refractivity contribution in [3.8, 4) is 0 Å². The number of thioether (sulfide) groups is 1. The van der Waals surface area contributed by atoms with Crippen LogP contribution >= 0.6 is 11.8 Å². The molecule has 0 aromatic carbocycles. The molecular formula is C20H33N3O4S. The van der Waals surface area contributed by atoms with E-state index in [0.29, 0.717) is 13.0 Å². The van der Waals surface area contributed by atoms with Gasteiger partial charge in [0.2, 0.25) is 17.7 Å². The number of hydrogen-bond acceptors (Lipinski definition) is 5. The first-order chi connectivity index (χ1) is 13.3. The lowest BCUT2D eigenvalue weighted by Crippen LogP contribution is -2.57. The van der Waals surface area contributed by atoms with Gasteiger partial charge in [-0.05, 0) is 32.1 Å². The van der Waals surface area contributed by atoms with Gasteiger partial charge in [-0.1, -0.05) is 20.3 Å². The van der Waals surface area contributed by atoms with Crippen LogP contribution in [0.5, 0.6) is 0 Å². The number of nitrogens with zero attached hydrogens (tertiary/aromatic N) is 1. The summed E-state index contributed by atoms with van der Waals surface area (Å²) in [6.45, 7) is 6.48. The smallest absolute Gasteiger partial charge is 0.244 e. The Labute approximate surface area is 171 Å². The Morgan fingerprint density at radius 3 is 2.71 bits per heavy atom. The highest BCUT2D eigenvalue weighted by atomic mass is 32.2. The molecule has 1 spiro atoms. The Balaban J connectivity index is 1.98. The van der Waals surface area contributed by atoms with Crippen molar-refractivity contribution in [2.75, 3.05) is 20.2 Å². The van der Waals surface area contributed by atoms with Gasteiger partial charge in [-0.3, -0.25) is 14.4 Å². The molecule has 7 nitrogen and oxygen atoms in total. The average Bonchev–Trinajstić information content (AvgIpc) is 3.23. The van der Waals surface area contributed by atoms with Crippen LogP contribution in [0.1, 0.15) is 46.5 Å². The number of aliphatic hydroxyl groups is 1. The Kier molecular flexibility index (Phi) is 6.29. The van der Waals surface area contributed by atoms with E-state index < -0.39 is 16.7 Å². The van der Waals surface area contributed by atoms with Crippen LogP contribution in [0.15, 0.2) is 0 Å². The van der Waals surface area contributed by atoms with E-state index in [-0.39, 0.29) is 47.5 Å². The molecule has 2 bridgehead atoms. The molecule has 3 aliphatic rings. The van der Waals surface area contributed by atoms with Crippen molar-refractivity contribution < 1.29 is 19.5 Å². The Bertz CT molecular complexity index is 645. The zero-order chi connectivity index (χ0) is 20.6. The molecular weight excluding hydrogens is 378 g/mol. The highest BCUT2D eigenvalue weighted by Crippen LogP contribution is 2.68. The molecule has 158 valence electrons. The minimum absolute atomic E-state index is 0.0355. The molecule has 0 aromatic heterocycles. The summed E-state index contributed by atoms with van der Waals surface area (Å²) in [5.74, 6) is -1.01. The first kappa shape index (κ1) is 21.4. The zero-order valence-electron chi connectivity index (χ0n) is 17.2. The maximum Gasteiger partial charge on any atom is 0.244 e. The monoisotopic (exact) mass is 411 g/mol. The maximum atomic E-state index is 13.5. The summed E-state index contributed by atoms with van der Waals surface area (Å²) in [7, 11) is 1.61. The summed E-state index contributed by atoms with van der Waals surface area (Å²) < 4.78 is -0.565. The number of likely N-dealkylation sites (tertiary alicyclic amines) is 1. The van der Waals surface area contributed by atoms with Crippen LogP contribution in [0.2, 0.25) is 0 Å². The highest BCUT2D eigenvalue weighted by Gasteiger charge is 2.75. The van der Waals surface area contributed by atoms with Crippen LogP contribution in [0, 0.1) is 17.8 Å². The molecule has 3 amide bonds. The van der Waals surface area contributed by atoms with E-state index in [1.54, 1.807) is 23.7 Å². The van der Waals surface area contributed by atoms with Gasteiger partial charge in [0.1, 0.15) is 6.04 Å². The van der Waals surface area contributed by atoms with Crippen molar-refractivity contribution in [1.82, 2.24) is 15.5 Å². The quantitative estimate of drug-likeness (QED) is 0.548. The van der Waals surface area contributed by atoms with Crippen molar-refractivity contribution in [3.05, 3.63) is 0 Å². The Morgan fingerprint density at radius 1 is 1.39 bits per heavy atom. The standard InChI is InChI=1S/C20H33N3O4S/c1-5-7-12(3)22-18(26)16-20-11(2)10-13(28-20)14(17(25)21-4)15(20)19(27)23(16)8-6-9-24/h11-16,24H,5-10H2,1-4H3,(H,21,25)(H,22,26)/t11?,12?,13-,14+,15-,16?,20?/m0/s1. The SMILES string of the molecule is CCCC(C)NC(=O)C1N(CCCO)C(=O)[C@@H]2[C@H](C(=O)NC)[C@@H]3CC(C)C12S3. The lowest BCUT2D eigenvalue weighted by atomic mass is 9.66. The van der Waals surface area contributed by atoms with E-state index in [2.05, 4.69) is 24.5 Å². The minimum Gasteiger partial charge on any atom is -0.396 e. The molecule has 4 unspecified atom stereocenters. The molecule has 3 fully saturated rings. The molecule has 3 saturated heterocycles. The minimum atomic E-state index is -0.587. The second-order valence-corrected chi connectivity index (χ2v) is 10.0. The van der Waals surface area contributed by atoms with E-state index in [0.717, 1.165) is 19.3 Å². The first-order valence-electron chi connectivity index (χ1n) is 10.4. The van der Waals surface area contributed by atoms with Crippen molar-refractivity contribution >= 4 is 29.5 Å². The van der Waals surface area contributed by atoms with Crippen molar-refractivity contribution in [1.29, 1.82) is 0 Å². The fraction of sp³-hybridized carbons (Fsp3) is 0.850. The maximum absolute atomic E-state index is 13.5. The number of carbonyl (C=O) groups excluding carboxylic acids is 3. The number of fused-ring (bicyclic) bond motifs is 1. The molecule has 3 rings (SSSR count). The summed E-state index contributed by atoms with van der Waals surface area (Å²) in [4.78, 5) is 41.1. The van der Waals surface area contributed by atoms with E-state index >= 15 is 0 Å². The van der Waals surface area contributed by atoms with E-state index in [1.807, 2.05) is 6.92 Å². The molecule has 28 heavy (non-hydrogen) atoms. The van der Waals surface area contributed by atoms with Gasteiger partial charge in [-0.15, -0.1) is 11.8 Å². The molecule has 0 aromatic rings. The molecule has 0 aliphatic carbocycles. The van der Waals surface area contributed by atoms with Gasteiger partial charge in [0.15, 0.2) is 0 Å². The lowest BCUT2D eigenvalue weighted by molar-refractivity contribution is -0.140. The summed E-state index contributed by atoms with van der Waals surface area (Å²) in [5, 5.41) is 15.2. The Hall–Kier alpha value is -1.28. The van der Waals surface area contributed by atoms with Gasteiger partial charge in [0, 0.05) is 31.5 Å². The normalized spacial score (nSPS) is 37.1. The van der Waals surface area contributed by atoms with Gasteiger partial charge < -0.3 is 20.6 Å². The van der Waals surface area contributed by atoms with Gasteiger partial charge in [-0.25, -0.2) is 0 Å². The lowest BCUT2D eigenvalue weighted by Gasteiger charge is -2.39. The topological polar surface area (TPSA) is 98.7 Å². The summed E-state index contributed by atoms with van der Waals surface area (Å²) in [6, 6.07) is -0.549.